The van der Waals surface area contributed by atoms with Gasteiger partial charge in [-0.15, -0.1) is 0 Å². The van der Waals surface area contributed by atoms with Crippen molar-refractivity contribution in [2.45, 2.75) is 0 Å². The number of pyridine rings is 1. The molecule has 2 aromatic heterocycles. The Labute approximate surface area is 118 Å². The molecule has 0 bridgehead atoms. The fraction of sp³-hybridized carbons (Fsp3) is 0.0769. The lowest BCUT2D eigenvalue weighted by Crippen LogP contribution is -1.92. The molecule has 18 heavy (non-hydrogen) atoms. The molecule has 0 radical (unpaired) electrons. The zero-order valence-corrected chi connectivity index (χ0v) is 11.8. The second-order valence-electron chi connectivity index (χ2n) is 3.87. The molecule has 0 saturated carbocycles. The summed E-state index contributed by atoms with van der Waals surface area (Å²) in [6, 6.07) is 9.75. The van der Waals surface area contributed by atoms with Crippen molar-refractivity contribution < 1.29 is 4.74 Å². The van der Waals surface area contributed by atoms with E-state index >= 15 is 0 Å². The predicted molar refractivity (Wildman–Crippen MR) is 77.7 cm³/mol. The molecule has 0 aliphatic rings. The molecule has 4 nitrogen and oxygen atoms in total. The number of fused-ring (bicyclic) bond motifs is 1. The third kappa shape index (κ3) is 1.94. The summed E-state index contributed by atoms with van der Waals surface area (Å²) < 4.78 is 8.83. The number of nitrogens with zero attached hydrogens (tertiary/aromatic N) is 3. The molecule has 0 aliphatic carbocycles. The Hall–Kier alpha value is -1.63. The molecule has 0 spiro atoms. The van der Waals surface area contributed by atoms with Gasteiger partial charge in [0.15, 0.2) is 5.52 Å². The van der Waals surface area contributed by atoms with E-state index in [-0.39, 0.29) is 0 Å². The maximum absolute atomic E-state index is 5.84. The van der Waals surface area contributed by atoms with Gasteiger partial charge in [-0.25, -0.2) is 9.97 Å². The molecule has 0 amide bonds. The van der Waals surface area contributed by atoms with Crippen LogP contribution < -0.4 is 4.74 Å². The minimum Gasteiger partial charge on any atom is -0.436 e. The average molecular weight is 351 g/mol. The summed E-state index contributed by atoms with van der Waals surface area (Å²) in [6.45, 7) is 0. The Bertz CT molecular complexity index is 708. The Morgan fingerprint density at radius 2 is 2.00 bits per heavy atom. The molecule has 3 rings (SSSR count). The minimum atomic E-state index is 0.539. The Kier molecular flexibility index (Phi) is 2.91. The van der Waals surface area contributed by atoms with Crippen LogP contribution >= 0.6 is 22.6 Å². The number of hydrogen-bond donors (Lipinski definition) is 0. The van der Waals surface area contributed by atoms with E-state index in [1.54, 1.807) is 12.5 Å². The zero-order chi connectivity index (χ0) is 12.5. The first kappa shape index (κ1) is 11.5. The van der Waals surface area contributed by atoms with Gasteiger partial charge in [0.2, 0.25) is 5.88 Å². The van der Waals surface area contributed by atoms with Crippen molar-refractivity contribution in [3.8, 4) is 11.6 Å². The van der Waals surface area contributed by atoms with E-state index < -0.39 is 0 Å². The molecule has 0 fully saturated rings. The van der Waals surface area contributed by atoms with E-state index in [9.17, 15) is 0 Å². The highest BCUT2D eigenvalue weighted by atomic mass is 127. The van der Waals surface area contributed by atoms with Crippen molar-refractivity contribution in [3.05, 3.63) is 46.4 Å². The lowest BCUT2D eigenvalue weighted by Gasteiger charge is -2.06. The number of para-hydroxylation sites is 1. The molecule has 0 atom stereocenters. The fourth-order valence-electron chi connectivity index (χ4n) is 1.74. The van der Waals surface area contributed by atoms with E-state index in [0.717, 1.165) is 20.4 Å². The maximum Gasteiger partial charge on any atom is 0.247 e. The first-order valence-corrected chi connectivity index (χ1v) is 6.52. The number of aromatic nitrogens is 3. The number of hydrogen-bond acceptors (Lipinski definition) is 3. The van der Waals surface area contributed by atoms with Crippen LogP contribution in [0.5, 0.6) is 11.6 Å². The molecule has 0 aliphatic heterocycles. The number of benzene rings is 1. The molecule has 3 aromatic rings. The number of imidazole rings is 1. The number of ether oxygens (including phenoxy) is 1. The Balaban J connectivity index is 2.08. The van der Waals surface area contributed by atoms with Gasteiger partial charge in [0, 0.05) is 13.2 Å². The van der Waals surface area contributed by atoms with Crippen LogP contribution in [0, 0.1) is 3.57 Å². The standard InChI is InChI=1S/C13H10IN3O/c1-17-8-16-12-10(17)6-7-15-13(12)18-11-5-3-2-4-9(11)14/h2-8H,1H3. The quantitative estimate of drug-likeness (QED) is 0.665. The van der Waals surface area contributed by atoms with Gasteiger partial charge in [0.1, 0.15) is 5.75 Å². The molecular weight excluding hydrogens is 341 g/mol. The predicted octanol–water partition coefficient (Wildman–Crippen LogP) is 3.37. The topological polar surface area (TPSA) is 39.9 Å². The molecule has 0 saturated heterocycles. The monoisotopic (exact) mass is 351 g/mol. The van der Waals surface area contributed by atoms with E-state index in [4.69, 9.17) is 4.74 Å². The summed E-state index contributed by atoms with van der Waals surface area (Å²) in [5, 5.41) is 0. The van der Waals surface area contributed by atoms with Crippen LogP contribution in [0.15, 0.2) is 42.9 Å². The fourth-order valence-corrected chi connectivity index (χ4v) is 2.24. The van der Waals surface area contributed by atoms with Crippen molar-refractivity contribution in [2.24, 2.45) is 7.05 Å². The highest BCUT2D eigenvalue weighted by Crippen LogP contribution is 2.29. The van der Waals surface area contributed by atoms with Crippen molar-refractivity contribution in [1.82, 2.24) is 14.5 Å². The van der Waals surface area contributed by atoms with E-state index in [0.29, 0.717) is 5.88 Å². The highest BCUT2D eigenvalue weighted by molar-refractivity contribution is 14.1. The van der Waals surface area contributed by atoms with E-state index in [1.165, 1.54) is 0 Å². The van der Waals surface area contributed by atoms with Gasteiger partial charge in [-0.05, 0) is 40.8 Å². The summed E-state index contributed by atoms with van der Waals surface area (Å²) in [5.41, 5.74) is 1.78. The van der Waals surface area contributed by atoms with Gasteiger partial charge < -0.3 is 9.30 Å². The van der Waals surface area contributed by atoms with Crippen LogP contribution in [-0.4, -0.2) is 14.5 Å². The van der Waals surface area contributed by atoms with Gasteiger partial charge in [-0.2, -0.15) is 0 Å². The summed E-state index contributed by atoms with van der Waals surface area (Å²) >= 11 is 2.24. The van der Waals surface area contributed by atoms with Crippen LogP contribution in [0.25, 0.3) is 11.0 Å². The lowest BCUT2D eigenvalue weighted by molar-refractivity contribution is 0.465. The van der Waals surface area contributed by atoms with Crippen LogP contribution in [0.1, 0.15) is 0 Å². The third-order valence-corrected chi connectivity index (χ3v) is 3.54. The Morgan fingerprint density at radius 1 is 1.17 bits per heavy atom. The summed E-state index contributed by atoms with van der Waals surface area (Å²) in [6.07, 6.45) is 3.49. The molecular formula is C13H10IN3O. The number of rotatable bonds is 2. The second-order valence-corrected chi connectivity index (χ2v) is 5.03. The number of halogens is 1. The van der Waals surface area contributed by atoms with Crippen molar-refractivity contribution in [1.29, 1.82) is 0 Å². The van der Waals surface area contributed by atoms with Crippen molar-refractivity contribution in [3.63, 3.8) is 0 Å². The molecule has 1 aromatic carbocycles. The lowest BCUT2D eigenvalue weighted by atomic mass is 10.3. The average Bonchev–Trinajstić information content (AvgIpc) is 2.76. The maximum atomic E-state index is 5.84. The smallest absolute Gasteiger partial charge is 0.247 e. The van der Waals surface area contributed by atoms with E-state index in [1.807, 2.05) is 41.9 Å². The highest BCUT2D eigenvalue weighted by Gasteiger charge is 2.10. The summed E-state index contributed by atoms with van der Waals surface area (Å²) in [4.78, 5) is 8.57. The Morgan fingerprint density at radius 3 is 2.83 bits per heavy atom. The second kappa shape index (κ2) is 4.56. The van der Waals surface area contributed by atoms with Crippen molar-refractivity contribution >= 4 is 33.6 Å². The van der Waals surface area contributed by atoms with Gasteiger partial charge in [-0.1, -0.05) is 12.1 Å². The minimum absolute atomic E-state index is 0.539. The molecule has 90 valence electrons. The van der Waals surface area contributed by atoms with Crippen LogP contribution in [0.2, 0.25) is 0 Å². The summed E-state index contributed by atoms with van der Waals surface area (Å²) in [5.74, 6) is 1.33. The third-order valence-electron chi connectivity index (χ3n) is 2.65. The van der Waals surface area contributed by atoms with Gasteiger partial charge in [-0.3, -0.25) is 0 Å². The van der Waals surface area contributed by atoms with Gasteiger partial charge >= 0.3 is 0 Å². The van der Waals surface area contributed by atoms with Gasteiger partial charge in [0.05, 0.1) is 15.4 Å². The SMILES string of the molecule is Cn1cnc2c(Oc3ccccc3I)nccc21. The van der Waals surface area contributed by atoms with Crippen LogP contribution in [0.4, 0.5) is 0 Å². The summed E-state index contributed by atoms with van der Waals surface area (Å²) in [7, 11) is 1.95. The number of aryl methyl sites for hydroxylation is 1. The first-order valence-electron chi connectivity index (χ1n) is 5.44. The molecule has 0 unspecified atom stereocenters. The molecule has 0 N–H and O–H groups in total. The largest absolute Gasteiger partial charge is 0.436 e. The van der Waals surface area contributed by atoms with Crippen LogP contribution in [-0.2, 0) is 7.05 Å². The molecule has 2 heterocycles. The van der Waals surface area contributed by atoms with Crippen LogP contribution in [0.3, 0.4) is 0 Å². The first-order chi connectivity index (χ1) is 8.75. The normalized spacial score (nSPS) is 10.8. The van der Waals surface area contributed by atoms with Gasteiger partial charge in [0.25, 0.3) is 0 Å². The van der Waals surface area contributed by atoms with E-state index in [2.05, 4.69) is 32.6 Å². The molecule has 5 heteroatoms. The van der Waals surface area contributed by atoms with Crippen molar-refractivity contribution in [2.75, 3.05) is 0 Å². The zero-order valence-electron chi connectivity index (χ0n) is 9.67.